The van der Waals surface area contributed by atoms with E-state index in [0.717, 1.165) is 30.0 Å². The van der Waals surface area contributed by atoms with Crippen molar-refractivity contribution in [3.05, 3.63) is 47.9 Å². The largest absolute Gasteiger partial charge is 0.484 e. The number of ether oxygens (including phenoxy) is 1. The highest BCUT2D eigenvalue weighted by atomic mass is 19.4. The lowest BCUT2D eigenvalue weighted by molar-refractivity contribution is -0.153. The summed E-state index contributed by atoms with van der Waals surface area (Å²) < 4.78 is 40.8. The minimum absolute atomic E-state index is 0.211. The Morgan fingerprint density at radius 1 is 1.13 bits per heavy atom. The molecule has 0 aliphatic carbocycles. The first kappa shape index (κ1) is 17.1. The van der Waals surface area contributed by atoms with Crippen LogP contribution in [0, 0.1) is 0 Å². The number of halogens is 3. The van der Waals surface area contributed by atoms with E-state index in [1.807, 2.05) is 6.92 Å². The van der Waals surface area contributed by atoms with E-state index < -0.39 is 12.8 Å². The number of anilines is 1. The predicted octanol–water partition coefficient (Wildman–Crippen LogP) is 3.63. The Labute approximate surface area is 132 Å². The fourth-order valence-electron chi connectivity index (χ4n) is 1.92. The van der Waals surface area contributed by atoms with Crippen LogP contribution in [0.5, 0.6) is 5.75 Å². The number of hydrogen-bond donors (Lipinski definition) is 1. The maximum atomic E-state index is 12.1. The van der Waals surface area contributed by atoms with Gasteiger partial charge < -0.3 is 10.1 Å². The normalized spacial score (nSPS) is 11.3. The molecule has 0 fully saturated rings. The highest BCUT2D eigenvalue weighted by Gasteiger charge is 2.28. The number of rotatable bonds is 7. The van der Waals surface area contributed by atoms with Crippen LogP contribution in [0.4, 0.5) is 19.0 Å². The zero-order chi connectivity index (χ0) is 16.7. The monoisotopic (exact) mass is 325 g/mol. The van der Waals surface area contributed by atoms with Gasteiger partial charge in [-0.05, 0) is 30.2 Å². The fourth-order valence-corrected chi connectivity index (χ4v) is 1.92. The molecular formula is C16H18F3N3O. The summed E-state index contributed by atoms with van der Waals surface area (Å²) in [7, 11) is 0. The van der Waals surface area contributed by atoms with Gasteiger partial charge in [-0.25, -0.2) is 9.97 Å². The van der Waals surface area contributed by atoms with E-state index in [1.54, 1.807) is 36.5 Å². The lowest BCUT2D eigenvalue weighted by Gasteiger charge is -2.10. The second kappa shape index (κ2) is 7.80. The van der Waals surface area contributed by atoms with Gasteiger partial charge in [-0.1, -0.05) is 19.1 Å². The van der Waals surface area contributed by atoms with E-state index in [-0.39, 0.29) is 5.75 Å². The molecule has 0 bridgehead atoms. The smallest absolute Gasteiger partial charge is 0.422 e. The van der Waals surface area contributed by atoms with Crippen molar-refractivity contribution in [2.75, 3.05) is 18.5 Å². The Balaban J connectivity index is 1.79. The fraction of sp³-hybridized carbons (Fsp3) is 0.375. The number of aromatic nitrogens is 2. The summed E-state index contributed by atoms with van der Waals surface area (Å²) >= 11 is 0. The first-order chi connectivity index (χ1) is 11.0. The van der Waals surface area contributed by atoms with Gasteiger partial charge in [-0.3, -0.25) is 0 Å². The van der Waals surface area contributed by atoms with E-state index in [1.165, 1.54) is 0 Å². The molecule has 0 radical (unpaired) electrons. The lowest BCUT2D eigenvalue weighted by atomic mass is 10.1. The van der Waals surface area contributed by atoms with Crippen LogP contribution in [-0.2, 0) is 12.8 Å². The minimum atomic E-state index is -4.32. The molecule has 4 nitrogen and oxygen atoms in total. The van der Waals surface area contributed by atoms with Gasteiger partial charge >= 0.3 is 6.18 Å². The van der Waals surface area contributed by atoms with Crippen molar-refractivity contribution < 1.29 is 17.9 Å². The van der Waals surface area contributed by atoms with Crippen LogP contribution >= 0.6 is 0 Å². The molecule has 1 aromatic heterocycles. The van der Waals surface area contributed by atoms with Gasteiger partial charge in [0.15, 0.2) is 6.61 Å². The molecule has 0 atom stereocenters. The van der Waals surface area contributed by atoms with E-state index in [0.29, 0.717) is 6.54 Å². The maximum absolute atomic E-state index is 12.1. The molecule has 2 rings (SSSR count). The Hall–Kier alpha value is -2.31. The van der Waals surface area contributed by atoms with Gasteiger partial charge in [0.2, 0.25) is 0 Å². The standard InChI is InChI=1S/C16H18F3N3O/c1-2-14-20-10-8-15(22-14)21-9-7-12-3-5-13(6-4-12)23-11-16(17,18)19/h3-6,8,10H,2,7,9,11H2,1H3,(H,20,21,22). The van der Waals surface area contributed by atoms with Crippen molar-refractivity contribution >= 4 is 5.82 Å². The summed E-state index contributed by atoms with van der Waals surface area (Å²) in [5, 5.41) is 3.20. The van der Waals surface area contributed by atoms with E-state index in [4.69, 9.17) is 0 Å². The Morgan fingerprint density at radius 2 is 1.87 bits per heavy atom. The summed E-state index contributed by atoms with van der Waals surface area (Å²) in [6.07, 6.45) is -1.11. The first-order valence-corrected chi connectivity index (χ1v) is 7.30. The molecule has 1 N–H and O–H groups in total. The molecule has 0 spiro atoms. The molecule has 0 saturated heterocycles. The third-order valence-corrected chi connectivity index (χ3v) is 3.07. The van der Waals surface area contributed by atoms with Crippen molar-refractivity contribution in [3.63, 3.8) is 0 Å². The van der Waals surface area contributed by atoms with Crippen molar-refractivity contribution in [2.45, 2.75) is 25.9 Å². The molecule has 0 aliphatic heterocycles. The summed E-state index contributed by atoms with van der Waals surface area (Å²) in [5.74, 6) is 1.76. The topological polar surface area (TPSA) is 47.0 Å². The van der Waals surface area contributed by atoms with Crippen LogP contribution in [0.2, 0.25) is 0 Å². The highest BCUT2D eigenvalue weighted by Crippen LogP contribution is 2.19. The average Bonchev–Trinajstić information content (AvgIpc) is 2.54. The minimum Gasteiger partial charge on any atom is -0.484 e. The molecule has 1 heterocycles. The van der Waals surface area contributed by atoms with Crippen LogP contribution in [0.1, 0.15) is 18.3 Å². The number of aryl methyl sites for hydroxylation is 1. The summed E-state index contributed by atoms with van der Waals surface area (Å²) in [6, 6.07) is 8.39. The van der Waals surface area contributed by atoms with Crippen LogP contribution in [0.15, 0.2) is 36.5 Å². The summed E-state index contributed by atoms with van der Waals surface area (Å²) in [4.78, 5) is 8.46. The molecule has 23 heavy (non-hydrogen) atoms. The Bertz CT molecular complexity index is 615. The molecule has 0 saturated carbocycles. The maximum Gasteiger partial charge on any atom is 0.422 e. The molecule has 7 heteroatoms. The van der Waals surface area contributed by atoms with Crippen LogP contribution in [0.3, 0.4) is 0 Å². The van der Waals surface area contributed by atoms with Gasteiger partial charge in [0.1, 0.15) is 17.4 Å². The summed E-state index contributed by atoms with van der Waals surface area (Å²) in [5.41, 5.74) is 1.00. The second-order valence-corrected chi connectivity index (χ2v) is 4.94. The van der Waals surface area contributed by atoms with Crippen LogP contribution < -0.4 is 10.1 Å². The average molecular weight is 325 g/mol. The quantitative estimate of drug-likeness (QED) is 0.844. The van der Waals surface area contributed by atoms with Gasteiger partial charge in [-0.15, -0.1) is 0 Å². The predicted molar refractivity (Wildman–Crippen MR) is 81.6 cm³/mol. The third kappa shape index (κ3) is 6.14. The molecule has 1 aromatic carbocycles. The highest BCUT2D eigenvalue weighted by molar-refractivity contribution is 5.34. The van der Waals surface area contributed by atoms with Crippen molar-refractivity contribution in [1.82, 2.24) is 9.97 Å². The Morgan fingerprint density at radius 3 is 2.52 bits per heavy atom. The van der Waals surface area contributed by atoms with Crippen molar-refractivity contribution in [3.8, 4) is 5.75 Å². The molecule has 0 amide bonds. The number of nitrogens with zero attached hydrogens (tertiary/aromatic N) is 2. The zero-order valence-electron chi connectivity index (χ0n) is 12.7. The van der Waals surface area contributed by atoms with Crippen LogP contribution in [0.25, 0.3) is 0 Å². The van der Waals surface area contributed by atoms with Gasteiger partial charge in [0, 0.05) is 19.2 Å². The summed E-state index contributed by atoms with van der Waals surface area (Å²) in [6.45, 7) is 1.38. The molecule has 2 aromatic rings. The molecule has 0 unspecified atom stereocenters. The van der Waals surface area contributed by atoms with Gasteiger partial charge in [-0.2, -0.15) is 13.2 Å². The first-order valence-electron chi connectivity index (χ1n) is 7.30. The van der Waals surface area contributed by atoms with E-state index >= 15 is 0 Å². The number of alkyl halides is 3. The number of hydrogen-bond acceptors (Lipinski definition) is 4. The van der Waals surface area contributed by atoms with Gasteiger partial charge in [0.25, 0.3) is 0 Å². The SMILES string of the molecule is CCc1nccc(NCCc2ccc(OCC(F)(F)F)cc2)n1. The van der Waals surface area contributed by atoms with Crippen molar-refractivity contribution in [2.24, 2.45) is 0 Å². The zero-order valence-corrected chi connectivity index (χ0v) is 12.7. The second-order valence-electron chi connectivity index (χ2n) is 4.94. The number of benzene rings is 1. The van der Waals surface area contributed by atoms with Crippen molar-refractivity contribution in [1.29, 1.82) is 0 Å². The third-order valence-electron chi connectivity index (χ3n) is 3.07. The molecule has 0 aliphatic rings. The molecular weight excluding hydrogens is 307 g/mol. The van der Waals surface area contributed by atoms with E-state index in [2.05, 4.69) is 20.0 Å². The van der Waals surface area contributed by atoms with Crippen LogP contribution in [-0.4, -0.2) is 29.3 Å². The van der Waals surface area contributed by atoms with E-state index in [9.17, 15) is 13.2 Å². The molecule has 124 valence electrons. The number of nitrogens with one attached hydrogen (secondary N) is 1. The lowest BCUT2D eigenvalue weighted by Crippen LogP contribution is -2.19. The van der Waals surface area contributed by atoms with Gasteiger partial charge in [0.05, 0.1) is 0 Å². The Kier molecular flexibility index (Phi) is 5.78.